The van der Waals surface area contributed by atoms with Gasteiger partial charge in [0.05, 0.1) is 12.7 Å². The van der Waals surface area contributed by atoms with Crippen molar-refractivity contribution in [3.8, 4) is 0 Å². The maximum absolute atomic E-state index is 11.2. The van der Waals surface area contributed by atoms with Gasteiger partial charge in [0.1, 0.15) is 0 Å². The average Bonchev–Trinajstić information content (AvgIpc) is 2.28. The van der Waals surface area contributed by atoms with Crippen molar-refractivity contribution in [2.45, 2.75) is 19.3 Å². The summed E-state index contributed by atoms with van der Waals surface area (Å²) in [7, 11) is 1.37. The second-order valence-electron chi connectivity index (χ2n) is 4.26. The van der Waals surface area contributed by atoms with Gasteiger partial charge in [0.15, 0.2) is 0 Å². The van der Waals surface area contributed by atoms with Crippen molar-refractivity contribution < 1.29 is 9.53 Å². The minimum Gasteiger partial charge on any atom is -0.465 e. The lowest BCUT2D eigenvalue weighted by molar-refractivity contribution is 0.0600. The van der Waals surface area contributed by atoms with Crippen molar-refractivity contribution in [2.24, 2.45) is 0 Å². The molecular formula is C12H16ClNO2. The molecule has 3 nitrogen and oxygen atoms in total. The van der Waals surface area contributed by atoms with Crippen LogP contribution in [0.4, 0.5) is 0 Å². The monoisotopic (exact) mass is 241 g/mol. The minimum absolute atomic E-state index is 0.0730. The fourth-order valence-corrected chi connectivity index (χ4v) is 1.78. The Bertz CT molecular complexity index is 360. The molecule has 0 saturated carbocycles. The van der Waals surface area contributed by atoms with Gasteiger partial charge in [-0.15, -0.1) is 0 Å². The number of esters is 1. The van der Waals surface area contributed by atoms with E-state index >= 15 is 0 Å². The van der Waals surface area contributed by atoms with E-state index in [0.29, 0.717) is 12.1 Å². The second kappa shape index (κ2) is 5.32. The van der Waals surface area contributed by atoms with Gasteiger partial charge in [-0.2, -0.15) is 0 Å². The van der Waals surface area contributed by atoms with E-state index in [-0.39, 0.29) is 11.4 Å². The first-order valence-corrected chi connectivity index (χ1v) is 5.41. The molecule has 0 aliphatic heterocycles. The zero-order chi connectivity index (χ0) is 12.2. The summed E-state index contributed by atoms with van der Waals surface area (Å²) in [5, 5.41) is 0. The van der Waals surface area contributed by atoms with Crippen molar-refractivity contribution in [3.63, 3.8) is 0 Å². The number of hydrogen-bond donors (Lipinski definition) is 1. The molecule has 0 unspecified atom stereocenters. The van der Waals surface area contributed by atoms with E-state index < -0.39 is 0 Å². The van der Waals surface area contributed by atoms with E-state index in [0.717, 1.165) is 5.56 Å². The molecule has 0 spiro atoms. The van der Waals surface area contributed by atoms with Gasteiger partial charge in [0.2, 0.25) is 0 Å². The Balaban J connectivity index is 2.90. The number of carbonyl (C=O) groups is 1. The molecule has 1 rings (SSSR count). The molecule has 16 heavy (non-hydrogen) atoms. The summed E-state index contributed by atoms with van der Waals surface area (Å²) in [6.45, 7) is 4.82. The van der Waals surface area contributed by atoms with Crippen LogP contribution in [0.25, 0.3) is 0 Å². The molecule has 0 atom stereocenters. The first kappa shape index (κ1) is 13.0. The molecule has 1 aromatic rings. The third kappa shape index (κ3) is 2.97. The van der Waals surface area contributed by atoms with E-state index in [4.69, 9.17) is 11.8 Å². The maximum Gasteiger partial charge on any atom is 0.337 e. The Morgan fingerprint density at radius 1 is 1.38 bits per heavy atom. The first-order chi connectivity index (χ1) is 7.51. The molecule has 0 aliphatic rings. The van der Waals surface area contributed by atoms with Crippen LogP contribution < -0.4 is 4.84 Å². The van der Waals surface area contributed by atoms with E-state index in [9.17, 15) is 4.79 Å². The zero-order valence-corrected chi connectivity index (χ0v) is 10.5. The Morgan fingerprint density at radius 3 is 2.38 bits per heavy atom. The lowest BCUT2D eigenvalue weighted by atomic mass is 9.84. The van der Waals surface area contributed by atoms with E-state index in [2.05, 4.69) is 23.4 Å². The summed E-state index contributed by atoms with van der Waals surface area (Å²) in [4.78, 5) is 13.9. The van der Waals surface area contributed by atoms with Gasteiger partial charge in [0.25, 0.3) is 0 Å². The summed E-state index contributed by atoms with van der Waals surface area (Å²) in [5.41, 5.74) is 1.60. The van der Waals surface area contributed by atoms with Gasteiger partial charge in [-0.1, -0.05) is 26.0 Å². The zero-order valence-electron chi connectivity index (χ0n) is 9.71. The van der Waals surface area contributed by atoms with Crippen LogP contribution >= 0.6 is 11.8 Å². The molecule has 0 bridgehead atoms. The van der Waals surface area contributed by atoms with Crippen LogP contribution in [0.3, 0.4) is 0 Å². The highest BCUT2D eigenvalue weighted by Crippen LogP contribution is 2.22. The van der Waals surface area contributed by atoms with Gasteiger partial charge in [-0.25, -0.2) is 9.63 Å². The Hall–Kier alpha value is -1.06. The van der Waals surface area contributed by atoms with Crippen LogP contribution in [0, 0.1) is 0 Å². The normalized spacial score (nSPS) is 11.2. The molecule has 0 fully saturated rings. The molecule has 4 heteroatoms. The van der Waals surface area contributed by atoms with Crippen molar-refractivity contribution in [1.29, 1.82) is 0 Å². The molecule has 0 amide bonds. The lowest BCUT2D eigenvalue weighted by Gasteiger charge is -2.24. The predicted octanol–water partition coefficient (Wildman–Crippen LogP) is 2.49. The number of benzene rings is 1. The minimum atomic E-state index is -0.320. The molecule has 1 N–H and O–H groups in total. The number of carbonyl (C=O) groups excluding carboxylic acids is 1. The standard InChI is InChI=1S/C12H16ClNO2/c1-12(2,8-14-13)10-6-4-9(5-7-10)11(15)16-3/h4-7,14H,8H2,1-3H3. The highest BCUT2D eigenvalue weighted by Gasteiger charge is 2.20. The second-order valence-corrected chi connectivity index (χ2v) is 4.53. The largest absolute Gasteiger partial charge is 0.465 e. The first-order valence-electron chi connectivity index (χ1n) is 5.03. The van der Waals surface area contributed by atoms with Crippen molar-refractivity contribution in [2.75, 3.05) is 13.7 Å². The molecule has 88 valence electrons. The number of nitrogens with one attached hydrogen (secondary N) is 1. The molecule has 0 aromatic heterocycles. The van der Waals surface area contributed by atoms with Crippen LogP contribution in [0.1, 0.15) is 29.8 Å². The molecule has 0 heterocycles. The van der Waals surface area contributed by atoms with E-state index in [1.807, 2.05) is 12.1 Å². The van der Waals surface area contributed by atoms with Crippen LogP contribution in [-0.4, -0.2) is 19.6 Å². The average molecular weight is 242 g/mol. The van der Waals surface area contributed by atoms with E-state index in [1.54, 1.807) is 12.1 Å². The molecule has 0 aliphatic carbocycles. The number of rotatable bonds is 4. The van der Waals surface area contributed by atoms with Gasteiger partial charge in [0, 0.05) is 12.0 Å². The van der Waals surface area contributed by atoms with Gasteiger partial charge in [-0.3, -0.25) is 0 Å². The fraction of sp³-hybridized carbons (Fsp3) is 0.417. The Kier molecular flexibility index (Phi) is 4.33. The summed E-state index contributed by atoms with van der Waals surface area (Å²) in [5.74, 6) is -0.320. The van der Waals surface area contributed by atoms with Crippen LogP contribution in [0.15, 0.2) is 24.3 Å². The smallest absolute Gasteiger partial charge is 0.337 e. The molecule has 0 radical (unpaired) electrons. The number of hydrogen-bond acceptors (Lipinski definition) is 3. The summed E-state index contributed by atoms with van der Waals surface area (Å²) in [6, 6.07) is 7.36. The highest BCUT2D eigenvalue weighted by atomic mass is 35.5. The van der Waals surface area contributed by atoms with Crippen molar-refractivity contribution in [1.82, 2.24) is 4.84 Å². The number of halogens is 1. The van der Waals surface area contributed by atoms with Gasteiger partial charge in [-0.05, 0) is 29.5 Å². The Labute approximate surface area is 101 Å². The summed E-state index contributed by atoms with van der Waals surface area (Å²) < 4.78 is 4.64. The van der Waals surface area contributed by atoms with Crippen molar-refractivity contribution >= 4 is 17.7 Å². The quantitative estimate of drug-likeness (QED) is 0.650. The predicted molar refractivity (Wildman–Crippen MR) is 64.7 cm³/mol. The van der Waals surface area contributed by atoms with Gasteiger partial charge < -0.3 is 4.74 Å². The number of methoxy groups -OCH3 is 1. The lowest BCUT2D eigenvalue weighted by Crippen LogP contribution is -2.28. The van der Waals surface area contributed by atoms with Crippen LogP contribution in [0.2, 0.25) is 0 Å². The SMILES string of the molecule is COC(=O)c1ccc(C(C)(C)CNCl)cc1. The molecular weight excluding hydrogens is 226 g/mol. The Morgan fingerprint density at radius 2 is 1.94 bits per heavy atom. The topological polar surface area (TPSA) is 38.3 Å². The third-order valence-corrected chi connectivity index (χ3v) is 2.73. The molecule has 1 aromatic carbocycles. The van der Waals surface area contributed by atoms with Crippen molar-refractivity contribution in [3.05, 3.63) is 35.4 Å². The maximum atomic E-state index is 11.2. The van der Waals surface area contributed by atoms with E-state index in [1.165, 1.54) is 7.11 Å². The number of ether oxygens (including phenoxy) is 1. The van der Waals surface area contributed by atoms with Crippen LogP contribution in [0.5, 0.6) is 0 Å². The highest BCUT2D eigenvalue weighted by molar-refractivity contribution is 6.13. The van der Waals surface area contributed by atoms with Crippen LogP contribution in [-0.2, 0) is 10.2 Å². The third-order valence-electron chi connectivity index (χ3n) is 2.60. The molecule has 0 saturated heterocycles. The summed E-state index contributed by atoms with van der Waals surface area (Å²) >= 11 is 5.52. The fourth-order valence-electron chi connectivity index (χ4n) is 1.44. The summed E-state index contributed by atoms with van der Waals surface area (Å²) in [6.07, 6.45) is 0. The van der Waals surface area contributed by atoms with Gasteiger partial charge >= 0.3 is 5.97 Å².